The fraction of sp³-hybridized carbons (Fsp3) is 0.417. The van der Waals surface area contributed by atoms with E-state index in [1.165, 1.54) is 5.56 Å². The third-order valence-corrected chi connectivity index (χ3v) is 3.15. The van der Waals surface area contributed by atoms with Gasteiger partial charge in [0.05, 0.1) is 6.04 Å². The van der Waals surface area contributed by atoms with E-state index in [4.69, 9.17) is 7.98 Å². The van der Waals surface area contributed by atoms with E-state index in [9.17, 15) is 4.79 Å². The highest BCUT2D eigenvalue weighted by Gasteiger charge is 2.37. The molecule has 0 aliphatic carbocycles. The van der Waals surface area contributed by atoms with Crippen LogP contribution in [-0.4, -0.2) is 19.8 Å². The van der Waals surface area contributed by atoms with Crippen molar-refractivity contribution in [1.82, 2.24) is 0 Å². The first-order chi connectivity index (χ1) is 7.16. The second kappa shape index (κ2) is 3.72. The first kappa shape index (κ1) is 10.3. The molecule has 15 heavy (non-hydrogen) atoms. The number of ketones is 1. The van der Waals surface area contributed by atoms with Crippen LogP contribution in [0.3, 0.4) is 0 Å². The molecule has 0 aromatic heterocycles. The van der Waals surface area contributed by atoms with Gasteiger partial charge in [-0.3, -0.25) is 4.79 Å². The molecule has 0 spiro atoms. The Labute approximate surface area is 91.7 Å². The van der Waals surface area contributed by atoms with Gasteiger partial charge in [-0.2, -0.15) is 0 Å². The molecule has 3 heteroatoms. The summed E-state index contributed by atoms with van der Waals surface area (Å²) >= 11 is 0. The number of hydrogen-bond acceptors (Lipinski definition) is 2. The van der Waals surface area contributed by atoms with E-state index in [-0.39, 0.29) is 17.7 Å². The molecule has 0 N–H and O–H groups in total. The molecule has 2 atom stereocenters. The van der Waals surface area contributed by atoms with Gasteiger partial charge in [-0.25, -0.2) is 0 Å². The van der Waals surface area contributed by atoms with Crippen LogP contribution in [0, 0.1) is 0 Å². The number of nitrogens with zero attached hydrogens (tertiary/aromatic N) is 1. The maximum Gasteiger partial charge on any atom is 0.227 e. The fourth-order valence-electron chi connectivity index (χ4n) is 2.47. The largest absolute Gasteiger partial charge is 0.416 e. The highest BCUT2D eigenvalue weighted by atomic mass is 16.1. The number of hydrogen-bond donors (Lipinski definition) is 0. The van der Waals surface area contributed by atoms with Gasteiger partial charge in [-0.15, -0.1) is 0 Å². The summed E-state index contributed by atoms with van der Waals surface area (Å²) in [5, 5.41) is 0. The van der Waals surface area contributed by atoms with Gasteiger partial charge in [0.25, 0.3) is 0 Å². The lowest BCUT2D eigenvalue weighted by atomic mass is 9.90. The first-order valence-electron chi connectivity index (χ1n) is 5.30. The second-order valence-corrected chi connectivity index (χ2v) is 4.04. The quantitative estimate of drug-likeness (QED) is 0.679. The average Bonchev–Trinajstić information content (AvgIpc) is 2.52. The number of Topliss-reactive ketones (excluding diaryl/α,β-unsaturated/α-hetero) is 1. The highest BCUT2D eigenvalue weighted by Crippen LogP contribution is 2.41. The molecular weight excluding hydrogens is 185 g/mol. The number of para-hydroxylation sites is 1. The highest BCUT2D eigenvalue weighted by molar-refractivity contribution is 6.22. The van der Waals surface area contributed by atoms with Gasteiger partial charge in [0.15, 0.2) is 5.78 Å². The zero-order valence-corrected chi connectivity index (χ0v) is 9.10. The Morgan fingerprint density at radius 1 is 1.47 bits per heavy atom. The van der Waals surface area contributed by atoms with Gasteiger partial charge in [0.2, 0.25) is 7.98 Å². The van der Waals surface area contributed by atoms with Crippen molar-refractivity contribution >= 4 is 19.5 Å². The van der Waals surface area contributed by atoms with Crippen molar-refractivity contribution in [2.45, 2.75) is 32.2 Å². The standard InChI is InChI=1S/C12H14BNO/c1-3-9-10-6-4-5-7-11(10)14(13)12(9)8(2)15/h4-7,9,12H,3H2,1-2H3. The normalized spacial score (nSPS) is 24.0. The van der Waals surface area contributed by atoms with Crippen molar-refractivity contribution < 1.29 is 4.79 Å². The summed E-state index contributed by atoms with van der Waals surface area (Å²) in [6.07, 6.45) is 0.939. The molecule has 0 amide bonds. The lowest BCUT2D eigenvalue weighted by Gasteiger charge is -2.24. The van der Waals surface area contributed by atoms with Gasteiger partial charge in [0, 0.05) is 11.6 Å². The van der Waals surface area contributed by atoms with E-state index >= 15 is 0 Å². The van der Waals surface area contributed by atoms with Crippen molar-refractivity contribution in [2.24, 2.45) is 0 Å². The van der Waals surface area contributed by atoms with Crippen molar-refractivity contribution in [3.8, 4) is 0 Å². The minimum absolute atomic E-state index is 0.139. The van der Waals surface area contributed by atoms with E-state index < -0.39 is 0 Å². The Bertz CT molecular complexity index is 391. The molecule has 0 saturated carbocycles. The summed E-state index contributed by atoms with van der Waals surface area (Å²) in [4.78, 5) is 13.2. The van der Waals surface area contributed by atoms with Crippen LogP contribution in [0.2, 0.25) is 0 Å². The Kier molecular flexibility index (Phi) is 2.55. The molecule has 2 rings (SSSR count). The molecule has 2 radical (unpaired) electrons. The van der Waals surface area contributed by atoms with Crippen molar-refractivity contribution in [3.63, 3.8) is 0 Å². The maximum absolute atomic E-state index is 11.6. The number of benzene rings is 1. The molecular formula is C12H14BNO. The second-order valence-electron chi connectivity index (χ2n) is 4.04. The van der Waals surface area contributed by atoms with Gasteiger partial charge in [-0.05, 0) is 25.0 Å². The molecule has 1 aromatic rings. The number of carbonyl (C=O) groups excluding carboxylic acids is 1. The predicted octanol–water partition coefficient (Wildman–Crippen LogP) is 2.04. The average molecular weight is 199 g/mol. The molecule has 1 heterocycles. The van der Waals surface area contributed by atoms with Crippen LogP contribution < -0.4 is 4.81 Å². The van der Waals surface area contributed by atoms with E-state index in [1.807, 2.05) is 18.2 Å². The van der Waals surface area contributed by atoms with E-state index in [0.717, 1.165) is 12.1 Å². The van der Waals surface area contributed by atoms with Crippen LogP contribution in [0.1, 0.15) is 31.7 Å². The third-order valence-electron chi connectivity index (χ3n) is 3.15. The van der Waals surface area contributed by atoms with Crippen LogP contribution in [-0.2, 0) is 4.79 Å². The minimum atomic E-state index is -0.188. The van der Waals surface area contributed by atoms with E-state index in [1.54, 1.807) is 11.7 Å². The zero-order valence-electron chi connectivity index (χ0n) is 9.10. The van der Waals surface area contributed by atoms with Crippen LogP contribution in [0.4, 0.5) is 5.69 Å². The topological polar surface area (TPSA) is 20.3 Å². The molecule has 2 unspecified atom stereocenters. The van der Waals surface area contributed by atoms with Gasteiger partial charge < -0.3 is 4.81 Å². The Morgan fingerprint density at radius 3 is 2.73 bits per heavy atom. The van der Waals surface area contributed by atoms with Crippen LogP contribution in [0.5, 0.6) is 0 Å². The molecule has 1 aromatic carbocycles. The Balaban J connectivity index is 2.48. The summed E-state index contributed by atoms with van der Waals surface area (Å²) in [6.45, 7) is 3.70. The molecule has 76 valence electrons. The SMILES string of the molecule is [B]N1c2ccccc2C(CC)C1C(C)=O. The number of fused-ring (bicyclic) bond motifs is 1. The smallest absolute Gasteiger partial charge is 0.227 e. The Morgan fingerprint density at radius 2 is 2.13 bits per heavy atom. The summed E-state index contributed by atoms with van der Waals surface area (Å²) in [5.74, 6) is 0.379. The zero-order chi connectivity index (χ0) is 11.0. The van der Waals surface area contributed by atoms with Gasteiger partial charge >= 0.3 is 0 Å². The first-order valence-corrected chi connectivity index (χ1v) is 5.30. The van der Waals surface area contributed by atoms with Gasteiger partial charge in [0.1, 0.15) is 0 Å². The lowest BCUT2D eigenvalue weighted by Crippen LogP contribution is -2.37. The number of anilines is 1. The Hall–Kier alpha value is -1.25. The van der Waals surface area contributed by atoms with E-state index in [2.05, 4.69) is 13.0 Å². The molecule has 0 saturated heterocycles. The van der Waals surface area contributed by atoms with Crippen molar-refractivity contribution in [2.75, 3.05) is 4.81 Å². The predicted molar refractivity (Wildman–Crippen MR) is 62.2 cm³/mol. The molecule has 2 nitrogen and oxygen atoms in total. The van der Waals surface area contributed by atoms with Crippen LogP contribution >= 0.6 is 0 Å². The summed E-state index contributed by atoms with van der Waals surface area (Å²) in [6, 6.07) is 7.80. The van der Waals surface area contributed by atoms with Crippen LogP contribution in [0.25, 0.3) is 0 Å². The lowest BCUT2D eigenvalue weighted by molar-refractivity contribution is -0.118. The maximum atomic E-state index is 11.6. The van der Waals surface area contributed by atoms with Crippen molar-refractivity contribution in [3.05, 3.63) is 29.8 Å². The molecule has 0 bridgehead atoms. The minimum Gasteiger partial charge on any atom is -0.416 e. The van der Waals surface area contributed by atoms with Crippen LogP contribution in [0.15, 0.2) is 24.3 Å². The molecule has 0 fully saturated rings. The summed E-state index contributed by atoms with van der Waals surface area (Å²) in [5.41, 5.74) is 2.19. The van der Waals surface area contributed by atoms with Crippen molar-refractivity contribution in [1.29, 1.82) is 0 Å². The summed E-state index contributed by atoms with van der Waals surface area (Å²) < 4.78 is 0. The fourth-order valence-corrected chi connectivity index (χ4v) is 2.47. The molecule has 1 aliphatic rings. The number of carbonyl (C=O) groups is 1. The molecule has 1 aliphatic heterocycles. The third kappa shape index (κ3) is 1.46. The monoisotopic (exact) mass is 199 g/mol. The number of rotatable bonds is 2. The van der Waals surface area contributed by atoms with Gasteiger partial charge in [-0.1, -0.05) is 25.1 Å². The van der Waals surface area contributed by atoms with E-state index in [0.29, 0.717) is 0 Å². The summed E-state index contributed by atoms with van der Waals surface area (Å²) in [7, 11) is 5.97.